The Balaban J connectivity index is 1.52. The molecular weight excluding hydrogens is 628 g/mol. The summed E-state index contributed by atoms with van der Waals surface area (Å²) in [5, 5.41) is 0.501. The molecule has 0 aromatic heterocycles. The molecule has 0 aliphatic carbocycles. The van der Waals surface area contributed by atoms with Crippen LogP contribution in [0, 0.1) is 26.7 Å². The second kappa shape index (κ2) is 12.1. The average Bonchev–Trinajstić information content (AvgIpc) is 3.01. The highest BCUT2D eigenvalue weighted by Crippen LogP contribution is 2.48. The van der Waals surface area contributed by atoms with Gasteiger partial charge >= 0.3 is 0 Å². The number of nitrogens with zero attached hydrogens (tertiary/aromatic N) is 2. The topological polar surface area (TPSA) is 91.8 Å². The smallest absolute Gasteiger partial charge is 0.244 e. The summed E-state index contributed by atoms with van der Waals surface area (Å²) < 4.78 is 60.8. The fraction of sp³-hybridized carbons (Fsp3) is 0.286. The molecule has 0 spiro atoms. The minimum Gasteiger partial charge on any atom is -0.299 e. The maximum Gasteiger partial charge on any atom is 0.244 e. The maximum atomic E-state index is 14.7. The number of aryl methyl sites for hydroxylation is 3. The van der Waals surface area contributed by atoms with Crippen molar-refractivity contribution >= 4 is 37.4 Å². The van der Waals surface area contributed by atoms with Crippen LogP contribution in [0.2, 0.25) is 5.02 Å². The van der Waals surface area contributed by atoms with E-state index in [1.54, 1.807) is 79.7 Å². The van der Waals surface area contributed by atoms with Gasteiger partial charge in [0, 0.05) is 29.9 Å². The SMILES string of the molecule is Cc1ccc([C@@H]2C[C@H]3[C@@H](CN2S(=O)(=O)c2ccc(C)cc2)C(=O)C[C@@H](c2ccc(Cl)cc2)N3S(=O)(=O)c2ccccc2C)cc1. The van der Waals surface area contributed by atoms with Gasteiger partial charge < -0.3 is 0 Å². The first-order valence-corrected chi connectivity index (χ1v) is 18.2. The summed E-state index contributed by atoms with van der Waals surface area (Å²) in [5.41, 5.74) is 3.93. The molecule has 2 fully saturated rings. The molecule has 0 unspecified atom stereocenters. The summed E-state index contributed by atoms with van der Waals surface area (Å²) in [6.45, 7) is 5.46. The van der Waals surface area contributed by atoms with E-state index in [1.807, 2.05) is 38.1 Å². The first-order chi connectivity index (χ1) is 21.4. The molecule has 4 atom stereocenters. The molecule has 0 amide bonds. The largest absolute Gasteiger partial charge is 0.299 e. The second-order valence-corrected chi connectivity index (χ2v) is 16.2. The fourth-order valence-electron chi connectivity index (χ4n) is 6.67. The minimum absolute atomic E-state index is 0.0818. The van der Waals surface area contributed by atoms with Crippen LogP contribution < -0.4 is 0 Å². The average molecular weight is 663 g/mol. The monoisotopic (exact) mass is 662 g/mol. The fourth-order valence-corrected chi connectivity index (χ4v) is 10.5. The van der Waals surface area contributed by atoms with Crippen LogP contribution >= 0.6 is 11.6 Å². The van der Waals surface area contributed by atoms with Crippen molar-refractivity contribution in [3.05, 3.63) is 130 Å². The van der Waals surface area contributed by atoms with E-state index in [0.29, 0.717) is 16.1 Å². The second-order valence-electron chi connectivity index (χ2n) is 12.1. The Hall–Kier alpha value is -3.34. The molecule has 10 heteroatoms. The number of Topliss-reactive ketones (excluding diaryl/α,β-unsaturated/α-hetero) is 1. The number of hydrogen-bond donors (Lipinski definition) is 0. The van der Waals surface area contributed by atoms with E-state index in [1.165, 1.54) is 8.61 Å². The Morgan fingerprint density at radius 2 is 1.24 bits per heavy atom. The van der Waals surface area contributed by atoms with Gasteiger partial charge in [-0.05, 0) is 74.2 Å². The number of rotatable bonds is 6. The van der Waals surface area contributed by atoms with Crippen molar-refractivity contribution in [3.8, 4) is 0 Å². The molecular formula is C35H35ClN2O5S2. The molecule has 2 aliphatic heterocycles. The van der Waals surface area contributed by atoms with Gasteiger partial charge in [0.15, 0.2) is 0 Å². The maximum absolute atomic E-state index is 14.7. The molecule has 0 N–H and O–H groups in total. The van der Waals surface area contributed by atoms with Gasteiger partial charge in [0.25, 0.3) is 0 Å². The number of sulfonamides is 2. The van der Waals surface area contributed by atoms with Gasteiger partial charge in [0.2, 0.25) is 20.0 Å². The molecule has 7 nitrogen and oxygen atoms in total. The summed E-state index contributed by atoms with van der Waals surface area (Å²) in [6, 6.07) is 25.7. The van der Waals surface area contributed by atoms with Crippen LogP contribution in [0.15, 0.2) is 107 Å². The molecule has 4 aromatic rings. The lowest BCUT2D eigenvalue weighted by Crippen LogP contribution is -2.61. The molecule has 45 heavy (non-hydrogen) atoms. The van der Waals surface area contributed by atoms with Crippen molar-refractivity contribution in [2.75, 3.05) is 6.54 Å². The van der Waals surface area contributed by atoms with Crippen LogP contribution in [0.5, 0.6) is 0 Å². The molecule has 0 saturated carbocycles. The lowest BCUT2D eigenvalue weighted by Gasteiger charge is -2.51. The molecule has 2 saturated heterocycles. The van der Waals surface area contributed by atoms with Crippen LogP contribution in [0.3, 0.4) is 0 Å². The van der Waals surface area contributed by atoms with Crippen LogP contribution in [-0.2, 0) is 24.8 Å². The normalized spacial score (nSPS) is 23.1. The summed E-state index contributed by atoms with van der Waals surface area (Å²) >= 11 is 6.19. The van der Waals surface area contributed by atoms with Gasteiger partial charge in [-0.2, -0.15) is 8.61 Å². The van der Waals surface area contributed by atoms with Crippen LogP contribution in [0.1, 0.15) is 52.7 Å². The van der Waals surface area contributed by atoms with Crippen LogP contribution in [0.4, 0.5) is 0 Å². The molecule has 0 bridgehead atoms. The van der Waals surface area contributed by atoms with Crippen LogP contribution in [0.25, 0.3) is 0 Å². The van der Waals surface area contributed by atoms with E-state index >= 15 is 0 Å². The van der Waals surface area contributed by atoms with Crippen molar-refractivity contribution in [2.24, 2.45) is 5.92 Å². The van der Waals surface area contributed by atoms with Gasteiger partial charge in [-0.15, -0.1) is 0 Å². The molecule has 4 aromatic carbocycles. The number of benzene rings is 4. The summed E-state index contributed by atoms with van der Waals surface area (Å²) in [7, 11) is -8.18. The summed E-state index contributed by atoms with van der Waals surface area (Å²) in [5.74, 6) is -1.02. The number of carbonyl (C=O) groups excluding carboxylic acids is 1. The highest BCUT2D eigenvalue weighted by Gasteiger charge is 2.54. The third-order valence-corrected chi connectivity index (χ3v) is 13.3. The quantitative estimate of drug-likeness (QED) is 0.227. The highest BCUT2D eigenvalue weighted by molar-refractivity contribution is 7.89. The zero-order valence-electron chi connectivity index (χ0n) is 25.3. The van der Waals surface area contributed by atoms with Gasteiger partial charge in [0.05, 0.1) is 21.9 Å². The van der Waals surface area contributed by atoms with Crippen LogP contribution in [-0.4, -0.2) is 43.8 Å². The summed E-state index contributed by atoms with van der Waals surface area (Å²) in [4.78, 5) is 14.3. The third kappa shape index (κ3) is 5.88. The first kappa shape index (κ1) is 31.6. The zero-order chi connectivity index (χ0) is 32.1. The van der Waals surface area contributed by atoms with Crippen molar-refractivity contribution in [1.29, 1.82) is 0 Å². The molecule has 2 aliphatic rings. The van der Waals surface area contributed by atoms with E-state index in [4.69, 9.17) is 11.6 Å². The number of ketones is 1. The minimum atomic E-state index is -4.14. The van der Waals surface area contributed by atoms with Gasteiger partial charge in [-0.1, -0.05) is 89.5 Å². The van der Waals surface area contributed by atoms with Gasteiger partial charge in [0.1, 0.15) is 5.78 Å². The number of fused-ring (bicyclic) bond motifs is 1. The number of halogens is 1. The van der Waals surface area contributed by atoms with E-state index in [2.05, 4.69) is 0 Å². The molecule has 6 rings (SSSR count). The Labute approximate surface area is 270 Å². The lowest BCUT2D eigenvalue weighted by molar-refractivity contribution is -0.132. The van der Waals surface area contributed by atoms with Gasteiger partial charge in [-0.3, -0.25) is 4.79 Å². The Kier molecular flexibility index (Phi) is 8.52. The molecule has 2 heterocycles. The van der Waals surface area contributed by atoms with Crippen molar-refractivity contribution in [2.45, 2.75) is 61.5 Å². The van der Waals surface area contributed by atoms with E-state index < -0.39 is 44.1 Å². The molecule has 0 radical (unpaired) electrons. The van der Waals surface area contributed by atoms with Crippen molar-refractivity contribution in [1.82, 2.24) is 8.61 Å². The summed E-state index contributed by atoms with van der Waals surface area (Å²) in [6.07, 6.45) is 0.0291. The van der Waals surface area contributed by atoms with Gasteiger partial charge in [-0.25, -0.2) is 16.8 Å². The Morgan fingerprint density at radius 1 is 0.689 bits per heavy atom. The molecule has 234 valence electrons. The Bertz CT molecular complexity index is 1940. The Morgan fingerprint density at radius 3 is 1.87 bits per heavy atom. The number of piperidine rings is 2. The predicted molar refractivity (Wildman–Crippen MR) is 175 cm³/mol. The number of carbonyl (C=O) groups is 1. The number of hydrogen-bond acceptors (Lipinski definition) is 5. The highest BCUT2D eigenvalue weighted by atomic mass is 35.5. The standard InChI is InChI=1S/C35H35ClN2O5S2/c1-23-8-12-26(13-9-23)31-20-33-30(22-37(31)44(40,41)29-18-10-24(2)11-19-29)34(39)21-32(27-14-16-28(36)17-15-27)38(33)45(42,43)35-7-5-4-6-25(35)3/h4-19,30-33H,20-22H2,1-3H3/t30-,31+,32+,33+/m1/s1. The van der Waals surface area contributed by atoms with Crippen molar-refractivity contribution < 1.29 is 21.6 Å². The predicted octanol–water partition coefficient (Wildman–Crippen LogP) is 6.79. The van der Waals surface area contributed by atoms with E-state index in [-0.39, 0.29) is 35.0 Å². The first-order valence-electron chi connectivity index (χ1n) is 14.9. The van der Waals surface area contributed by atoms with E-state index in [9.17, 15) is 21.6 Å². The zero-order valence-corrected chi connectivity index (χ0v) is 27.7. The van der Waals surface area contributed by atoms with Crippen molar-refractivity contribution in [3.63, 3.8) is 0 Å². The van der Waals surface area contributed by atoms with E-state index in [0.717, 1.165) is 16.7 Å². The lowest BCUT2D eigenvalue weighted by atomic mass is 9.77. The third-order valence-electron chi connectivity index (χ3n) is 9.09.